The predicted octanol–water partition coefficient (Wildman–Crippen LogP) is 8.08. The van der Waals surface area contributed by atoms with E-state index in [1.165, 1.54) is 128 Å². The standard InChI is InChI=1S/C46H85NO12S/c1-3-5-7-8-9-10-11-12-13-14-15-16-17-18-19-20-21-22-23-24-25-26-27-28-29-30-31-33-35-40(50)45(53)47-38(39(49)34-32-6-4-2)37-57-46-43(52)44(59-60(54,55)56)42(51)41(36-48)58-46/h15-16,18-19,32,34,38-44,46,48-52H,3-14,17,20-31,33,35-37H2,1-2H3,(H,47,53)(H,54,55,56)/b16-15-,19-18-,34-32+. The molecule has 1 heterocycles. The Morgan fingerprint density at radius 2 is 1.18 bits per heavy atom. The van der Waals surface area contributed by atoms with E-state index in [4.69, 9.17) is 14.0 Å². The summed E-state index contributed by atoms with van der Waals surface area (Å²) in [5.74, 6) is -0.716. The van der Waals surface area contributed by atoms with Crippen LogP contribution in [-0.4, -0.2) is 107 Å². The molecule has 352 valence electrons. The fourth-order valence-electron chi connectivity index (χ4n) is 7.26. The molecule has 0 aliphatic carbocycles. The summed E-state index contributed by atoms with van der Waals surface area (Å²) in [5, 5.41) is 54.4. The van der Waals surface area contributed by atoms with Crippen molar-refractivity contribution >= 4 is 16.3 Å². The molecule has 14 heteroatoms. The van der Waals surface area contributed by atoms with E-state index >= 15 is 0 Å². The first kappa shape index (κ1) is 56.3. The van der Waals surface area contributed by atoms with Crippen LogP contribution in [0.4, 0.5) is 0 Å². The highest BCUT2D eigenvalue weighted by atomic mass is 32.3. The second kappa shape index (κ2) is 36.7. The van der Waals surface area contributed by atoms with Crippen LogP contribution >= 0.6 is 0 Å². The fourth-order valence-corrected chi connectivity index (χ4v) is 7.77. The van der Waals surface area contributed by atoms with Gasteiger partial charge < -0.3 is 40.3 Å². The normalized spacial score (nSPS) is 21.6. The lowest BCUT2D eigenvalue weighted by Crippen LogP contribution is -2.61. The van der Waals surface area contributed by atoms with Crippen molar-refractivity contribution < 1.29 is 57.0 Å². The van der Waals surface area contributed by atoms with Crippen LogP contribution < -0.4 is 5.32 Å². The molecule has 0 aromatic carbocycles. The van der Waals surface area contributed by atoms with Gasteiger partial charge in [-0.3, -0.25) is 9.35 Å². The van der Waals surface area contributed by atoms with Crippen molar-refractivity contribution in [3.63, 3.8) is 0 Å². The van der Waals surface area contributed by atoms with Gasteiger partial charge in [0.1, 0.15) is 30.5 Å². The molecule has 1 rings (SSSR count). The summed E-state index contributed by atoms with van der Waals surface area (Å²) >= 11 is 0. The van der Waals surface area contributed by atoms with Gasteiger partial charge in [-0.15, -0.1) is 0 Å². The molecule has 1 amide bonds. The SMILES string of the molecule is CCC/C=C/C(O)C(COC1OC(CO)C(O)C(OS(=O)(=O)O)C1O)NC(=O)C(O)CCCCCCCCCCCCCC/C=C\C/C=C\CCCCCCCCCCC. The summed E-state index contributed by atoms with van der Waals surface area (Å²) in [7, 11) is -5.11. The van der Waals surface area contributed by atoms with E-state index in [2.05, 4.69) is 40.7 Å². The van der Waals surface area contributed by atoms with Crippen LogP contribution in [0.2, 0.25) is 0 Å². The Hall–Kier alpha value is -1.72. The molecule has 1 saturated heterocycles. The smallest absolute Gasteiger partial charge is 0.394 e. The molecule has 0 aromatic rings. The number of rotatable bonds is 39. The number of unbranched alkanes of at least 4 members (excludes halogenated alkanes) is 22. The average Bonchev–Trinajstić information content (AvgIpc) is 3.22. The van der Waals surface area contributed by atoms with Gasteiger partial charge >= 0.3 is 10.4 Å². The summed E-state index contributed by atoms with van der Waals surface area (Å²) in [6.45, 7) is 2.95. The van der Waals surface area contributed by atoms with Gasteiger partial charge in [-0.25, -0.2) is 4.18 Å². The molecule has 1 aliphatic rings. The Bertz CT molecular complexity index is 1230. The lowest BCUT2D eigenvalue weighted by atomic mass is 9.99. The van der Waals surface area contributed by atoms with Crippen molar-refractivity contribution in [3.05, 3.63) is 36.5 Å². The Morgan fingerprint density at radius 1 is 0.683 bits per heavy atom. The van der Waals surface area contributed by atoms with Crippen LogP contribution in [0.1, 0.15) is 187 Å². The molecule has 0 saturated carbocycles. The largest absolute Gasteiger partial charge is 0.397 e. The first-order valence-corrected chi connectivity index (χ1v) is 24.8. The molecule has 0 aromatic heterocycles. The zero-order valence-corrected chi connectivity index (χ0v) is 37.9. The van der Waals surface area contributed by atoms with Crippen LogP contribution in [0.3, 0.4) is 0 Å². The van der Waals surface area contributed by atoms with Gasteiger partial charge in [0.15, 0.2) is 6.29 Å². The molecule has 8 atom stereocenters. The topological polar surface area (TPSA) is 212 Å². The number of amides is 1. The third kappa shape index (κ3) is 28.8. The molecule has 0 radical (unpaired) electrons. The van der Waals surface area contributed by atoms with E-state index < -0.39 is 78.5 Å². The lowest BCUT2D eigenvalue weighted by molar-refractivity contribution is -0.298. The average molecular weight is 876 g/mol. The summed E-state index contributed by atoms with van der Waals surface area (Å²) in [6, 6.07) is -1.12. The number of ether oxygens (including phenoxy) is 2. The molecule has 8 unspecified atom stereocenters. The molecule has 13 nitrogen and oxygen atoms in total. The van der Waals surface area contributed by atoms with Gasteiger partial charge in [-0.05, 0) is 44.9 Å². The second-order valence-corrected chi connectivity index (χ2v) is 17.5. The van der Waals surface area contributed by atoms with Crippen molar-refractivity contribution in [1.29, 1.82) is 0 Å². The van der Waals surface area contributed by atoms with Gasteiger partial charge in [0, 0.05) is 0 Å². The number of aliphatic hydroxyl groups is 5. The quantitative estimate of drug-likeness (QED) is 0.0178. The molecular weight excluding hydrogens is 791 g/mol. The van der Waals surface area contributed by atoms with Crippen molar-refractivity contribution in [3.8, 4) is 0 Å². The zero-order chi connectivity index (χ0) is 44.3. The first-order chi connectivity index (χ1) is 28.9. The van der Waals surface area contributed by atoms with E-state index in [9.17, 15) is 38.7 Å². The molecular formula is C46H85NO12S. The Labute approximate surface area is 363 Å². The van der Waals surface area contributed by atoms with Crippen molar-refractivity contribution in [1.82, 2.24) is 5.32 Å². The van der Waals surface area contributed by atoms with Gasteiger partial charge in [0.05, 0.1) is 25.4 Å². The Morgan fingerprint density at radius 3 is 1.67 bits per heavy atom. The van der Waals surface area contributed by atoms with E-state index in [1.807, 2.05) is 6.92 Å². The number of carbonyl (C=O) groups is 1. The maximum Gasteiger partial charge on any atom is 0.397 e. The number of nitrogens with one attached hydrogen (secondary N) is 1. The summed E-state index contributed by atoms with van der Waals surface area (Å²) in [6.07, 6.45) is 32.4. The van der Waals surface area contributed by atoms with Crippen LogP contribution in [0.15, 0.2) is 36.5 Å². The van der Waals surface area contributed by atoms with Gasteiger partial charge in [-0.2, -0.15) is 8.42 Å². The lowest BCUT2D eigenvalue weighted by Gasteiger charge is -2.41. The van der Waals surface area contributed by atoms with Crippen molar-refractivity contribution in [2.24, 2.45) is 0 Å². The molecule has 1 aliphatic heterocycles. The third-order valence-electron chi connectivity index (χ3n) is 11.0. The number of aliphatic hydroxyl groups excluding tert-OH is 5. The number of allylic oxidation sites excluding steroid dienone is 5. The molecule has 0 spiro atoms. The maximum atomic E-state index is 12.9. The van der Waals surface area contributed by atoms with Gasteiger partial charge in [0.25, 0.3) is 0 Å². The van der Waals surface area contributed by atoms with E-state index in [-0.39, 0.29) is 6.42 Å². The predicted molar refractivity (Wildman–Crippen MR) is 238 cm³/mol. The van der Waals surface area contributed by atoms with E-state index in [0.717, 1.165) is 32.1 Å². The van der Waals surface area contributed by atoms with Gasteiger partial charge in [0.2, 0.25) is 5.91 Å². The van der Waals surface area contributed by atoms with E-state index in [0.29, 0.717) is 12.8 Å². The highest BCUT2D eigenvalue weighted by Gasteiger charge is 2.48. The summed E-state index contributed by atoms with van der Waals surface area (Å²) in [5.41, 5.74) is 0. The maximum absolute atomic E-state index is 12.9. The molecule has 0 bridgehead atoms. The number of hydrogen-bond donors (Lipinski definition) is 7. The summed E-state index contributed by atoms with van der Waals surface area (Å²) < 4.78 is 47.0. The highest BCUT2D eigenvalue weighted by Crippen LogP contribution is 2.26. The van der Waals surface area contributed by atoms with Gasteiger partial charge in [-0.1, -0.05) is 179 Å². The Kier molecular flexibility index (Phi) is 34.5. The number of carbonyl (C=O) groups excluding carboxylic acids is 1. The molecule has 60 heavy (non-hydrogen) atoms. The minimum absolute atomic E-state index is 0.239. The summed E-state index contributed by atoms with van der Waals surface area (Å²) in [4.78, 5) is 12.9. The Balaban J connectivity index is 2.20. The van der Waals surface area contributed by atoms with Crippen LogP contribution in [0, 0.1) is 0 Å². The van der Waals surface area contributed by atoms with Crippen LogP contribution in [0.25, 0.3) is 0 Å². The fraction of sp³-hybridized carbons (Fsp3) is 0.848. The van der Waals surface area contributed by atoms with Crippen LogP contribution in [0.5, 0.6) is 0 Å². The minimum Gasteiger partial charge on any atom is -0.394 e. The monoisotopic (exact) mass is 876 g/mol. The highest BCUT2D eigenvalue weighted by molar-refractivity contribution is 7.80. The number of hydrogen-bond acceptors (Lipinski definition) is 11. The second-order valence-electron chi connectivity index (χ2n) is 16.5. The minimum atomic E-state index is -5.11. The van der Waals surface area contributed by atoms with Crippen molar-refractivity contribution in [2.45, 2.75) is 236 Å². The molecule has 1 fully saturated rings. The van der Waals surface area contributed by atoms with E-state index in [1.54, 1.807) is 6.08 Å². The van der Waals surface area contributed by atoms with Crippen molar-refractivity contribution in [2.75, 3.05) is 13.2 Å². The van der Waals surface area contributed by atoms with Crippen LogP contribution in [-0.2, 0) is 28.9 Å². The zero-order valence-electron chi connectivity index (χ0n) is 37.1. The molecule has 7 N–H and O–H groups in total. The third-order valence-corrected chi connectivity index (χ3v) is 11.5. The first-order valence-electron chi connectivity index (χ1n) is 23.5.